The topological polar surface area (TPSA) is 66.9 Å². The molecule has 2 N–H and O–H groups in total. The second kappa shape index (κ2) is 5.99. The zero-order chi connectivity index (χ0) is 13.8. The molecule has 1 unspecified atom stereocenters. The molecule has 6 heteroatoms. The van der Waals surface area contributed by atoms with Crippen LogP contribution in [0.4, 0.5) is 0 Å². The summed E-state index contributed by atoms with van der Waals surface area (Å²) in [6.45, 7) is 4.99. The summed E-state index contributed by atoms with van der Waals surface area (Å²) < 4.78 is 1.52. The molecule has 2 aromatic heterocycles. The minimum Gasteiger partial charge on any atom is -0.308 e. The fraction of sp³-hybridized carbons (Fsp3) is 0.385. The molecule has 0 bridgehead atoms. The third-order valence-electron chi connectivity index (χ3n) is 2.96. The molecule has 0 aliphatic rings. The monoisotopic (exact) mass is 279 g/mol. The number of H-pyrrole nitrogens is 1. The number of hydrogen-bond donors (Lipinski definition) is 2. The summed E-state index contributed by atoms with van der Waals surface area (Å²) in [6.07, 6.45) is 1.60. The Labute approximate surface area is 114 Å². The minimum atomic E-state index is -0.360. The van der Waals surface area contributed by atoms with Crippen molar-refractivity contribution in [3.63, 3.8) is 0 Å². The van der Waals surface area contributed by atoms with Gasteiger partial charge in [0, 0.05) is 35.8 Å². The van der Waals surface area contributed by atoms with Gasteiger partial charge in [-0.15, -0.1) is 11.3 Å². The van der Waals surface area contributed by atoms with Crippen LogP contribution in [-0.4, -0.2) is 16.1 Å². The fourth-order valence-corrected chi connectivity index (χ4v) is 2.58. The van der Waals surface area contributed by atoms with Gasteiger partial charge in [0.1, 0.15) is 0 Å². The van der Waals surface area contributed by atoms with Gasteiger partial charge in [0.05, 0.1) is 0 Å². The smallest absolute Gasteiger partial charge is 0.308 e. The van der Waals surface area contributed by atoms with Gasteiger partial charge in [-0.25, -0.2) is 4.79 Å². The maximum atomic E-state index is 11.6. The first kappa shape index (κ1) is 13.8. The number of nitrogens with zero attached hydrogens (tertiary/aromatic N) is 1. The van der Waals surface area contributed by atoms with Gasteiger partial charge in [-0.05, 0) is 25.3 Å². The molecule has 0 radical (unpaired) electrons. The van der Waals surface area contributed by atoms with Crippen molar-refractivity contribution in [1.29, 1.82) is 0 Å². The van der Waals surface area contributed by atoms with Crippen molar-refractivity contribution < 1.29 is 0 Å². The standard InChI is InChI=1S/C13H17N3O2S/c1-9-8-16(13(18)15-12(9)17)6-5-14-10(2)11-4-3-7-19-11/h3-4,7-8,10,14H,5-6H2,1-2H3,(H,15,17,18). The lowest BCUT2D eigenvalue weighted by Crippen LogP contribution is -2.34. The Morgan fingerprint density at radius 2 is 2.26 bits per heavy atom. The Bertz CT molecular complexity index is 643. The van der Waals surface area contributed by atoms with Crippen molar-refractivity contribution in [2.75, 3.05) is 6.54 Å². The fourth-order valence-electron chi connectivity index (χ4n) is 1.82. The van der Waals surface area contributed by atoms with Crippen molar-refractivity contribution in [2.45, 2.75) is 26.4 Å². The largest absolute Gasteiger partial charge is 0.328 e. The number of thiophene rings is 1. The van der Waals surface area contributed by atoms with Gasteiger partial charge in [-0.1, -0.05) is 6.07 Å². The SMILES string of the molecule is Cc1cn(CCNC(C)c2cccs2)c(=O)[nH]c1=O. The maximum absolute atomic E-state index is 11.6. The summed E-state index contributed by atoms with van der Waals surface area (Å²) >= 11 is 1.71. The second-order valence-corrected chi connectivity index (χ2v) is 5.44. The Morgan fingerprint density at radius 1 is 1.47 bits per heavy atom. The molecule has 0 aliphatic heterocycles. The first-order valence-corrected chi connectivity index (χ1v) is 7.03. The number of aryl methyl sites for hydroxylation is 1. The highest BCUT2D eigenvalue weighted by Gasteiger charge is 2.05. The first-order valence-electron chi connectivity index (χ1n) is 6.15. The van der Waals surface area contributed by atoms with Crippen molar-refractivity contribution in [3.8, 4) is 0 Å². The Morgan fingerprint density at radius 3 is 2.95 bits per heavy atom. The van der Waals surface area contributed by atoms with E-state index in [1.807, 2.05) is 11.4 Å². The molecule has 2 rings (SSSR count). The van der Waals surface area contributed by atoms with E-state index in [-0.39, 0.29) is 17.3 Å². The lowest BCUT2D eigenvalue weighted by Gasteiger charge is -2.12. The number of aromatic nitrogens is 2. The quantitative estimate of drug-likeness (QED) is 0.866. The molecule has 2 heterocycles. The Kier molecular flexibility index (Phi) is 4.34. The molecular formula is C13H17N3O2S. The minimum absolute atomic E-state index is 0.263. The van der Waals surface area contributed by atoms with Crippen LogP contribution in [0, 0.1) is 6.92 Å². The van der Waals surface area contributed by atoms with E-state index in [1.165, 1.54) is 9.44 Å². The van der Waals surface area contributed by atoms with Crippen LogP contribution in [0.25, 0.3) is 0 Å². The van der Waals surface area contributed by atoms with Crippen molar-refractivity contribution >= 4 is 11.3 Å². The summed E-state index contributed by atoms with van der Waals surface area (Å²) in [7, 11) is 0. The van der Waals surface area contributed by atoms with E-state index < -0.39 is 0 Å². The number of hydrogen-bond acceptors (Lipinski definition) is 4. The zero-order valence-electron chi connectivity index (χ0n) is 11.0. The van der Waals surface area contributed by atoms with Gasteiger partial charge in [-0.3, -0.25) is 14.3 Å². The van der Waals surface area contributed by atoms with Crippen LogP contribution in [0.2, 0.25) is 0 Å². The molecule has 102 valence electrons. The third-order valence-corrected chi connectivity index (χ3v) is 4.02. The molecule has 0 fully saturated rings. The summed E-state index contributed by atoms with van der Waals surface area (Å²) in [5.74, 6) is 0. The highest BCUT2D eigenvalue weighted by molar-refractivity contribution is 7.10. The number of nitrogens with one attached hydrogen (secondary N) is 2. The maximum Gasteiger partial charge on any atom is 0.328 e. The van der Waals surface area contributed by atoms with E-state index in [2.05, 4.69) is 23.3 Å². The van der Waals surface area contributed by atoms with Crippen LogP contribution < -0.4 is 16.6 Å². The number of rotatable bonds is 5. The Hall–Kier alpha value is -1.66. The lowest BCUT2D eigenvalue weighted by atomic mass is 10.3. The summed E-state index contributed by atoms with van der Waals surface area (Å²) in [4.78, 5) is 26.4. The average Bonchev–Trinajstić information content (AvgIpc) is 2.89. The molecule has 0 aromatic carbocycles. The predicted molar refractivity (Wildman–Crippen MR) is 76.8 cm³/mol. The van der Waals surface area contributed by atoms with Crippen LogP contribution in [0.1, 0.15) is 23.4 Å². The summed E-state index contributed by atoms with van der Waals surface area (Å²) in [5, 5.41) is 5.40. The van der Waals surface area contributed by atoms with E-state index in [0.29, 0.717) is 18.7 Å². The van der Waals surface area contributed by atoms with E-state index in [4.69, 9.17) is 0 Å². The molecule has 0 saturated carbocycles. The van der Waals surface area contributed by atoms with Crippen molar-refractivity contribution in [1.82, 2.24) is 14.9 Å². The summed E-state index contributed by atoms with van der Waals surface area (Å²) in [6, 6.07) is 4.37. The van der Waals surface area contributed by atoms with E-state index >= 15 is 0 Å². The van der Waals surface area contributed by atoms with E-state index in [1.54, 1.807) is 24.5 Å². The third kappa shape index (κ3) is 3.42. The van der Waals surface area contributed by atoms with Gasteiger partial charge < -0.3 is 5.32 Å². The molecule has 0 saturated heterocycles. The second-order valence-electron chi connectivity index (χ2n) is 4.46. The van der Waals surface area contributed by atoms with Crippen molar-refractivity contribution in [2.24, 2.45) is 0 Å². The Balaban J connectivity index is 1.95. The van der Waals surface area contributed by atoms with Crippen LogP contribution in [0.15, 0.2) is 33.3 Å². The average molecular weight is 279 g/mol. The van der Waals surface area contributed by atoms with Gasteiger partial charge in [0.15, 0.2) is 0 Å². The van der Waals surface area contributed by atoms with Crippen LogP contribution in [-0.2, 0) is 6.54 Å². The first-order chi connectivity index (χ1) is 9.08. The van der Waals surface area contributed by atoms with Gasteiger partial charge in [0.2, 0.25) is 0 Å². The van der Waals surface area contributed by atoms with Gasteiger partial charge in [0.25, 0.3) is 5.56 Å². The van der Waals surface area contributed by atoms with Gasteiger partial charge in [-0.2, -0.15) is 0 Å². The molecule has 0 spiro atoms. The zero-order valence-corrected chi connectivity index (χ0v) is 11.8. The van der Waals surface area contributed by atoms with Crippen molar-refractivity contribution in [3.05, 3.63) is 55.0 Å². The lowest BCUT2D eigenvalue weighted by molar-refractivity contribution is 0.522. The normalized spacial score (nSPS) is 12.5. The van der Waals surface area contributed by atoms with E-state index in [9.17, 15) is 9.59 Å². The highest BCUT2D eigenvalue weighted by Crippen LogP contribution is 2.17. The predicted octanol–water partition coefficient (Wildman–Crippen LogP) is 1.26. The molecule has 2 aromatic rings. The number of aromatic amines is 1. The molecule has 5 nitrogen and oxygen atoms in total. The molecule has 1 atom stereocenters. The molecule has 0 amide bonds. The molecule has 0 aliphatic carbocycles. The van der Waals surface area contributed by atoms with Gasteiger partial charge >= 0.3 is 5.69 Å². The highest BCUT2D eigenvalue weighted by atomic mass is 32.1. The van der Waals surface area contributed by atoms with Crippen LogP contribution in [0.5, 0.6) is 0 Å². The van der Waals surface area contributed by atoms with E-state index in [0.717, 1.165) is 0 Å². The molecular weight excluding hydrogens is 262 g/mol. The summed E-state index contributed by atoms with van der Waals surface area (Å²) in [5.41, 5.74) is -0.131. The molecule has 19 heavy (non-hydrogen) atoms. The van der Waals surface area contributed by atoms with Crippen LogP contribution >= 0.6 is 11.3 Å². The van der Waals surface area contributed by atoms with Crippen LogP contribution in [0.3, 0.4) is 0 Å².